The zero-order valence-electron chi connectivity index (χ0n) is 17.4. The minimum absolute atomic E-state index is 0.118. The molecule has 5 rings (SSSR count). The van der Waals surface area contributed by atoms with Gasteiger partial charge in [0.2, 0.25) is 0 Å². The van der Waals surface area contributed by atoms with E-state index in [0.29, 0.717) is 34.4 Å². The molecule has 4 aromatic rings. The van der Waals surface area contributed by atoms with Gasteiger partial charge in [-0.1, -0.05) is 30.4 Å². The largest absolute Gasteiger partial charge is 0.326 e. The van der Waals surface area contributed by atoms with Gasteiger partial charge in [0.25, 0.3) is 5.78 Å². The van der Waals surface area contributed by atoms with Crippen molar-refractivity contribution in [2.75, 3.05) is 11.4 Å². The Morgan fingerprint density at radius 2 is 2.03 bits per heavy atom. The van der Waals surface area contributed by atoms with E-state index in [4.69, 9.17) is 16.6 Å². The summed E-state index contributed by atoms with van der Waals surface area (Å²) in [6, 6.07) is 10.5. The molecular weight excluding hydrogens is 413 g/mol. The maximum absolute atomic E-state index is 14.6. The molecule has 2 aromatic carbocycles. The lowest BCUT2D eigenvalue weighted by Gasteiger charge is -2.24. The lowest BCUT2D eigenvalue weighted by molar-refractivity contribution is 0.627. The van der Waals surface area contributed by atoms with Crippen LogP contribution in [0.5, 0.6) is 0 Å². The first-order valence-corrected chi connectivity index (χ1v) is 10.8. The number of aromatic nitrogens is 4. The van der Waals surface area contributed by atoms with Crippen LogP contribution in [-0.4, -0.2) is 26.1 Å². The first kappa shape index (κ1) is 19.8. The zero-order chi connectivity index (χ0) is 21.6. The van der Waals surface area contributed by atoms with Crippen LogP contribution in [0.25, 0.3) is 16.7 Å². The molecule has 0 saturated heterocycles. The summed E-state index contributed by atoms with van der Waals surface area (Å²) in [5, 5.41) is 9.57. The van der Waals surface area contributed by atoms with E-state index in [0.717, 1.165) is 30.2 Å². The lowest BCUT2D eigenvalue weighted by atomic mass is 10.0. The highest BCUT2D eigenvalue weighted by Crippen LogP contribution is 2.48. The molecular formula is C24H21ClFN5. The maximum atomic E-state index is 14.6. The van der Waals surface area contributed by atoms with E-state index in [1.165, 1.54) is 12.1 Å². The molecule has 2 aromatic heterocycles. The standard InChI is InChI=1S/C24H21ClFN5/c1-3-24(9-10-24)8-7-16-11-18(26)14-19(12-16)30(4-2)22-20-6-5-17(25)13-21(20)31-15-27-29-23(31)28-22/h5-6,11-15H,3-4,9-10H2,1-2H3. The van der Waals surface area contributed by atoms with Gasteiger partial charge in [-0.3, -0.25) is 4.40 Å². The van der Waals surface area contributed by atoms with Gasteiger partial charge in [-0.2, -0.15) is 4.98 Å². The van der Waals surface area contributed by atoms with Gasteiger partial charge < -0.3 is 4.90 Å². The summed E-state index contributed by atoms with van der Waals surface area (Å²) in [4.78, 5) is 6.69. The Morgan fingerprint density at radius 1 is 1.19 bits per heavy atom. The van der Waals surface area contributed by atoms with Crippen molar-refractivity contribution >= 4 is 39.8 Å². The summed E-state index contributed by atoms with van der Waals surface area (Å²) in [5.41, 5.74) is 2.32. The van der Waals surface area contributed by atoms with Gasteiger partial charge in [-0.15, -0.1) is 10.2 Å². The van der Waals surface area contributed by atoms with Crippen LogP contribution in [0.1, 0.15) is 38.7 Å². The van der Waals surface area contributed by atoms with Gasteiger partial charge in [0.1, 0.15) is 18.0 Å². The lowest BCUT2D eigenvalue weighted by Crippen LogP contribution is -2.19. The molecule has 0 bridgehead atoms. The summed E-state index contributed by atoms with van der Waals surface area (Å²) >= 11 is 6.25. The molecule has 156 valence electrons. The van der Waals surface area contributed by atoms with Crippen LogP contribution in [0, 0.1) is 23.1 Å². The average Bonchev–Trinajstić information content (AvgIpc) is 3.39. The van der Waals surface area contributed by atoms with Crippen molar-refractivity contribution in [1.82, 2.24) is 19.6 Å². The van der Waals surface area contributed by atoms with Crippen LogP contribution < -0.4 is 4.90 Å². The molecule has 1 saturated carbocycles. The Labute approximate surface area is 184 Å². The van der Waals surface area contributed by atoms with E-state index in [1.807, 2.05) is 36.1 Å². The summed E-state index contributed by atoms with van der Waals surface area (Å²) in [6.07, 6.45) is 4.88. The molecule has 5 nitrogen and oxygen atoms in total. The highest BCUT2D eigenvalue weighted by Gasteiger charge is 2.38. The van der Waals surface area contributed by atoms with E-state index < -0.39 is 0 Å². The second-order valence-electron chi connectivity index (χ2n) is 7.92. The molecule has 0 N–H and O–H groups in total. The monoisotopic (exact) mass is 433 g/mol. The number of fused-ring (bicyclic) bond motifs is 3. The van der Waals surface area contributed by atoms with Crippen molar-refractivity contribution in [3.05, 3.63) is 59.1 Å². The SMILES string of the molecule is CCN(c1cc(F)cc(C#CC2(CC)CC2)c1)c1nc2nncn2c2cc(Cl)ccc12. The minimum atomic E-state index is -0.322. The molecule has 7 heteroatoms. The third-order valence-electron chi connectivity index (χ3n) is 5.96. The van der Waals surface area contributed by atoms with Gasteiger partial charge in [0.15, 0.2) is 0 Å². The van der Waals surface area contributed by atoms with Crippen LogP contribution in [0.2, 0.25) is 5.02 Å². The number of halogens is 2. The van der Waals surface area contributed by atoms with E-state index in [2.05, 4.69) is 29.0 Å². The summed E-state index contributed by atoms with van der Waals surface area (Å²) in [7, 11) is 0. The van der Waals surface area contributed by atoms with Crippen molar-refractivity contribution in [2.45, 2.75) is 33.1 Å². The molecule has 0 spiro atoms. The predicted octanol–water partition coefficient (Wildman–Crippen LogP) is 5.77. The van der Waals surface area contributed by atoms with Crippen LogP contribution in [0.4, 0.5) is 15.9 Å². The fourth-order valence-corrected chi connectivity index (χ4v) is 4.07. The summed E-state index contributed by atoms with van der Waals surface area (Å²) < 4.78 is 16.4. The van der Waals surface area contributed by atoms with Crippen LogP contribution in [-0.2, 0) is 0 Å². The number of benzene rings is 2. The molecule has 0 unspecified atom stereocenters. The van der Waals surface area contributed by atoms with Gasteiger partial charge in [-0.05, 0) is 62.6 Å². The van der Waals surface area contributed by atoms with E-state index in [1.54, 1.807) is 10.7 Å². The van der Waals surface area contributed by atoms with Crippen molar-refractivity contribution in [3.63, 3.8) is 0 Å². The number of hydrogen-bond donors (Lipinski definition) is 0. The normalized spacial score (nSPS) is 14.5. The van der Waals surface area contributed by atoms with E-state index in [-0.39, 0.29) is 11.2 Å². The Hall–Kier alpha value is -3.17. The quantitative estimate of drug-likeness (QED) is 0.383. The van der Waals surface area contributed by atoms with Crippen LogP contribution >= 0.6 is 11.6 Å². The summed E-state index contributed by atoms with van der Waals surface area (Å²) in [6.45, 7) is 4.75. The molecule has 2 heterocycles. The fraction of sp³-hybridized carbons (Fsp3) is 0.292. The number of hydrogen-bond acceptors (Lipinski definition) is 4. The van der Waals surface area contributed by atoms with Crippen molar-refractivity contribution in [3.8, 4) is 11.8 Å². The molecule has 1 fully saturated rings. The third-order valence-corrected chi connectivity index (χ3v) is 6.20. The average molecular weight is 434 g/mol. The third kappa shape index (κ3) is 3.60. The first-order chi connectivity index (χ1) is 15.0. The van der Waals surface area contributed by atoms with Gasteiger partial charge >= 0.3 is 0 Å². The second kappa shape index (κ2) is 7.51. The second-order valence-corrected chi connectivity index (χ2v) is 8.36. The number of rotatable bonds is 4. The molecule has 0 aliphatic heterocycles. The maximum Gasteiger partial charge on any atom is 0.257 e. The molecule has 1 aliphatic rings. The number of anilines is 2. The first-order valence-electron chi connectivity index (χ1n) is 10.4. The Morgan fingerprint density at radius 3 is 2.77 bits per heavy atom. The molecule has 0 atom stereocenters. The highest BCUT2D eigenvalue weighted by molar-refractivity contribution is 6.31. The summed E-state index contributed by atoms with van der Waals surface area (Å²) in [5.74, 6) is 7.36. The smallest absolute Gasteiger partial charge is 0.257 e. The van der Waals surface area contributed by atoms with Crippen LogP contribution in [0.3, 0.4) is 0 Å². The molecule has 0 amide bonds. The zero-order valence-corrected chi connectivity index (χ0v) is 18.1. The number of nitrogens with zero attached hydrogens (tertiary/aromatic N) is 5. The Balaban J connectivity index is 1.65. The highest BCUT2D eigenvalue weighted by atomic mass is 35.5. The molecule has 1 aliphatic carbocycles. The topological polar surface area (TPSA) is 46.3 Å². The van der Waals surface area contributed by atoms with Gasteiger partial charge in [-0.25, -0.2) is 4.39 Å². The molecule has 31 heavy (non-hydrogen) atoms. The van der Waals surface area contributed by atoms with Gasteiger partial charge in [0.05, 0.1) is 5.52 Å². The fourth-order valence-electron chi connectivity index (χ4n) is 3.91. The van der Waals surface area contributed by atoms with Crippen molar-refractivity contribution in [2.24, 2.45) is 5.41 Å². The molecule has 0 radical (unpaired) electrons. The minimum Gasteiger partial charge on any atom is -0.326 e. The van der Waals surface area contributed by atoms with Crippen molar-refractivity contribution in [1.29, 1.82) is 0 Å². The predicted molar refractivity (Wildman–Crippen MR) is 121 cm³/mol. The van der Waals surface area contributed by atoms with E-state index >= 15 is 0 Å². The Kier molecular flexibility index (Phi) is 4.79. The van der Waals surface area contributed by atoms with Gasteiger partial charge in [0, 0.05) is 33.6 Å². The van der Waals surface area contributed by atoms with E-state index in [9.17, 15) is 4.39 Å². The Bertz CT molecular complexity index is 1360. The van der Waals surface area contributed by atoms with Crippen LogP contribution in [0.15, 0.2) is 42.7 Å². The van der Waals surface area contributed by atoms with Crippen molar-refractivity contribution < 1.29 is 4.39 Å².